The number of anilines is 1. The molecule has 0 bridgehead atoms. The Balaban J connectivity index is 2.60. The lowest BCUT2D eigenvalue weighted by Crippen LogP contribution is -2.01. The lowest BCUT2D eigenvalue weighted by atomic mass is 10.1. The normalized spacial score (nSPS) is 10.2. The third-order valence-electron chi connectivity index (χ3n) is 2.17. The first-order chi connectivity index (χ1) is 8.08. The maximum absolute atomic E-state index is 10.8. The van der Waals surface area contributed by atoms with Gasteiger partial charge in [-0.1, -0.05) is 0 Å². The SMILES string of the molecule is Cc1ccc(-c2nc(N)ncc2[N+](=O)[O-])cn1. The van der Waals surface area contributed by atoms with E-state index >= 15 is 0 Å². The Labute approximate surface area is 96.5 Å². The molecule has 7 nitrogen and oxygen atoms in total. The second-order valence-electron chi connectivity index (χ2n) is 3.41. The highest BCUT2D eigenvalue weighted by atomic mass is 16.6. The molecule has 0 saturated heterocycles. The number of nitrogens with zero attached hydrogens (tertiary/aromatic N) is 4. The Bertz CT molecular complexity index is 567. The van der Waals surface area contributed by atoms with Crippen LogP contribution in [0.15, 0.2) is 24.5 Å². The van der Waals surface area contributed by atoms with E-state index in [-0.39, 0.29) is 17.3 Å². The fourth-order valence-electron chi connectivity index (χ4n) is 1.34. The van der Waals surface area contributed by atoms with E-state index in [1.54, 1.807) is 12.1 Å². The molecule has 0 spiro atoms. The van der Waals surface area contributed by atoms with E-state index in [9.17, 15) is 10.1 Å². The molecule has 2 aromatic heterocycles. The second-order valence-corrected chi connectivity index (χ2v) is 3.41. The Morgan fingerprint density at radius 1 is 1.29 bits per heavy atom. The molecule has 0 amide bonds. The Hall–Kier alpha value is -2.57. The molecule has 0 fully saturated rings. The predicted molar refractivity (Wildman–Crippen MR) is 61.1 cm³/mol. The van der Waals surface area contributed by atoms with Gasteiger partial charge in [0.2, 0.25) is 5.95 Å². The third-order valence-corrected chi connectivity index (χ3v) is 2.17. The highest BCUT2D eigenvalue weighted by molar-refractivity contribution is 5.68. The van der Waals surface area contributed by atoms with Crippen molar-refractivity contribution in [3.05, 3.63) is 40.3 Å². The molecule has 0 aliphatic carbocycles. The van der Waals surface area contributed by atoms with Crippen LogP contribution in [0.4, 0.5) is 11.6 Å². The first-order valence-electron chi connectivity index (χ1n) is 4.78. The van der Waals surface area contributed by atoms with E-state index in [0.29, 0.717) is 5.56 Å². The van der Waals surface area contributed by atoms with Gasteiger partial charge in [0.25, 0.3) is 0 Å². The number of nitrogen functional groups attached to an aromatic ring is 1. The fraction of sp³-hybridized carbons (Fsp3) is 0.100. The molecule has 2 aromatic rings. The summed E-state index contributed by atoms with van der Waals surface area (Å²) < 4.78 is 0. The quantitative estimate of drug-likeness (QED) is 0.617. The van der Waals surface area contributed by atoms with Crippen LogP contribution in [0.2, 0.25) is 0 Å². The van der Waals surface area contributed by atoms with E-state index in [4.69, 9.17) is 5.73 Å². The number of rotatable bonds is 2. The van der Waals surface area contributed by atoms with Crippen molar-refractivity contribution in [1.29, 1.82) is 0 Å². The highest BCUT2D eigenvalue weighted by Gasteiger charge is 2.18. The van der Waals surface area contributed by atoms with Gasteiger partial charge >= 0.3 is 5.69 Å². The molecule has 86 valence electrons. The van der Waals surface area contributed by atoms with Gasteiger partial charge in [-0.25, -0.2) is 9.97 Å². The lowest BCUT2D eigenvalue weighted by molar-refractivity contribution is -0.384. The van der Waals surface area contributed by atoms with E-state index in [1.165, 1.54) is 6.20 Å². The average Bonchev–Trinajstić information content (AvgIpc) is 2.29. The first kappa shape index (κ1) is 10.9. The fourth-order valence-corrected chi connectivity index (χ4v) is 1.34. The minimum absolute atomic E-state index is 0.00817. The minimum Gasteiger partial charge on any atom is -0.368 e. The Kier molecular flexibility index (Phi) is 2.65. The smallest absolute Gasteiger partial charge is 0.313 e. The molecule has 17 heavy (non-hydrogen) atoms. The zero-order chi connectivity index (χ0) is 12.4. The summed E-state index contributed by atoms with van der Waals surface area (Å²) in [6, 6.07) is 3.45. The van der Waals surface area contributed by atoms with E-state index < -0.39 is 4.92 Å². The van der Waals surface area contributed by atoms with E-state index in [1.807, 2.05) is 6.92 Å². The van der Waals surface area contributed by atoms with Gasteiger partial charge in [0.15, 0.2) is 5.69 Å². The van der Waals surface area contributed by atoms with Gasteiger partial charge in [-0.3, -0.25) is 15.1 Å². The van der Waals surface area contributed by atoms with Crippen LogP contribution in [0, 0.1) is 17.0 Å². The summed E-state index contributed by atoms with van der Waals surface area (Å²) in [5.74, 6) is -0.00817. The van der Waals surface area contributed by atoms with Crippen molar-refractivity contribution < 1.29 is 4.92 Å². The summed E-state index contributed by atoms with van der Waals surface area (Å²) in [5, 5.41) is 10.8. The van der Waals surface area contributed by atoms with Crippen molar-refractivity contribution in [3.63, 3.8) is 0 Å². The van der Waals surface area contributed by atoms with Crippen LogP contribution < -0.4 is 5.73 Å². The molecule has 7 heteroatoms. The third kappa shape index (κ3) is 2.17. The van der Waals surface area contributed by atoms with Crippen molar-refractivity contribution in [3.8, 4) is 11.3 Å². The topological polar surface area (TPSA) is 108 Å². The average molecular weight is 231 g/mol. The van der Waals surface area contributed by atoms with Gasteiger partial charge in [-0.15, -0.1) is 0 Å². The van der Waals surface area contributed by atoms with Crippen molar-refractivity contribution in [1.82, 2.24) is 15.0 Å². The van der Waals surface area contributed by atoms with Gasteiger partial charge in [-0.2, -0.15) is 0 Å². The summed E-state index contributed by atoms with van der Waals surface area (Å²) in [4.78, 5) is 21.8. The minimum atomic E-state index is -0.547. The van der Waals surface area contributed by atoms with Crippen LogP contribution in [-0.4, -0.2) is 19.9 Å². The maximum atomic E-state index is 10.8. The van der Waals surface area contributed by atoms with Crippen molar-refractivity contribution in [2.45, 2.75) is 6.92 Å². The second kappa shape index (κ2) is 4.12. The van der Waals surface area contributed by atoms with E-state index in [2.05, 4.69) is 15.0 Å². The molecule has 0 aliphatic heterocycles. The van der Waals surface area contributed by atoms with Gasteiger partial charge in [0.1, 0.15) is 6.20 Å². The number of aromatic nitrogens is 3. The zero-order valence-electron chi connectivity index (χ0n) is 8.99. The maximum Gasteiger partial charge on any atom is 0.313 e. The van der Waals surface area contributed by atoms with Gasteiger partial charge < -0.3 is 5.73 Å². The summed E-state index contributed by atoms with van der Waals surface area (Å²) >= 11 is 0. The molecular formula is C10H9N5O2. The number of aryl methyl sites for hydroxylation is 1. The summed E-state index contributed by atoms with van der Waals surface area (Å²) in [6.45, 7) is 1.83. The number of hydrogen-bond donors (Lipinski definition) is 1. The molecule has 0 atom stereocenters. The van der Waals surface area contributed by atoms with Gasteiger partial charge in [0, 0.05) is 17.5 Å². The standard InChI is InChI=1S/C10H9N5O2/c1-6-2-3-7(4-12-6)9-8(15(16)17)5-13-10(11)14-9/h2-5H,1H3,(H2,11,13,14). The Morgan fingerprint density at radius 2 is 2.06 bits per heavy atom. The van der Waals surface area contributed by atoms with Gasteiger partial charge in [-0.05, 0) is 19.1 Å². The van der Waals surface area contributed by atoms with Crippen LogP contribution in [-0.2, 0) is 0 Å². The van der Waals surface area contributed by atoms with Crippen LogP contribution >= 0.6 is 0 Å². The first-order valence-corrected chi connectivity index (χ1v) is 4.78. The largest absolute Gasteiger partial charge is 0.368 e. The van der Waals surface area contributed by atoms with Crippen LogP contribution in [0.3, 0.4) is 0 Å². The number of nitrogens with two attached hydrogens (primary N) is 1. The molecule has 2 heterocycles. The highest BCUT2D eigenvalue weighted by Crippen LogP contribution is 2.26. The summed E-state index contributed by atoms with van der Waals surface area (Å²) in [7, 11) is 0. The number of pyridine rings is 1. The molecule has 0 radical (unpaired) electrons. The predicted octanol–water partition coefficient (Wildman–Crippen LogP) is 1.34. The summed E-state index contributed by atoms with van der Waals surface area (Å²) in [5.41, 5.74) is 6.77. The monoisotopic (exact) mass is 231 g/mol. The molecule has 0 aliphatic rings. The number of hydrogen-bond acceptors (Lipinski definition) is 6. The van der Waals surface area contributed by atoms with Crippen molar-refractivity contribution in [2.75, 3.05) is 5.73 Å². The molecule has 0 unspecified atom stereocenters. The number of nitro groups is 1. The van der Waals surface area contributed by atoms with Crippen molar-refractivity contribution in [2.24, 2.45) is 0 Å². The van der Waals surface area contributed by atoms with Gasteiger partial charge in [0.05, 0.1) is 4.92 Å². The lowest BCUT2D eigenvalue weighted by Gasteiger charge is -2.02. The van der Waals surface area contributed by atoms with Crippen molar-refractivity contribution >= 4 is 11.6 Å². The van der Waals surface area contributed by atoms with Crippen LogP contribution in [0.25, 0.3) is 11.3 Å². The molecule has 0 saturated carbocycles. The zero-order valence-corrected chi connectivity index (χ0v) is 8.99. The molecular weight excluding hydrogens is 222 g/mol. The molecule has 2 rings (SSSR count). The van der Waals surface area contributed by atoms with Crippen LogP contribution in [0.1, 0.15) is 5.69 Å². The Morgan fingerprint density at radius 3 is 2.65 bits per heavy atom. The molecule has 0 aromatic carbocycles. The van der Waals surface area contributed by atoms with E-state index in [0.717, 1.165) is 11.9 Å². The van der Waals surface area contributed by atoms with Crippen LogP contribution in [0.5, 0.6) is 0 Å². The molecule has 2 N–H and O–H groups in total. The summed E-state index contributed by atoms with van der Waals surface area (Å²) in [6.07, 6.45) is 2.61.